The Hall–Kier alpha value is -2.31. The van der Waals surface area contributed by atoms with Gasteiger partial charge in [0, 0.05) is 62.4 Å². The lowest BCUT2D eigenvalue weighted by Gasteiger charge is -2.37. The zero-order valence-corrected chi connectivity index (χ0v) is 15.6. The molecule has 6 nitrogen and oxygen atoms in total. The van der Waals surface area contributed by atoms with Gasteiger partial charge >= 0.3 is 0 Å². The molecular weight excluding hydrogens is 352 g/mol. The Kier molecular flexibility index (Phi) is 6.30. The van der Waals surface area contributed by atoms with Crippen molar-refractivity contribution in [2.75, 3.05) is 56.2 Å². The minimum absolute atomic E-state index is 0.179. The number of benzene rings is 1. The number of anilines is 2. The van der Waals surface area contributed by atoms with E-state index in [9.17, 15) is 4.79 Å². The van der Waals surface area contributed by atoms with E-state index in [0.717, 1.165) is 42.6 Å². The van der Waals surface area contributed by atoms with E-state index in [2.05, 4.69) is 26.2 Å². The van der Waals surface area contributed by atoms with Crippen LogP contribution in [0.4, 0.5) is 11.4 Å². The highest BCUT2D eigenvalue weighted by Crippen LogP contribution is 2.23. The molecule has 0 radical (unpaired) electrons. The van der Waals surface area contributed by atoms with E-state index in [1.54, 1.807) is 13.3 Å². The van der Waals surface area contributed by atoms with Gasteiger partial charge in [-0.2, -0.15) is 0 Å². The van der Waals surface area contributed by atoms with Crippen molar-refractivity contribution in [3.8, 4) is 0 Å². The Morgan fingerprint density at radius 3 is 2.50 bits per heavy atom. The fourth-order valence-corrected chi connectivity index (χ4v) is 3.18. The summed E-state index contributed by atoms with van der Waals surface area (Å²) in [6, 6.07) is 11.7. The van der Waals surface area contributed by atoms with Gasteiger partial charge in [0.05, 0.1) is 6.61 Å². The number of pyridine rings is 1. The highest BCUT2D eigenvalue weighted by Gasteiger charge is 2.19. The van der Waals surface area contributed by atoms with Crippen molar-refractivity contribution in [3.63, 3.8) is 0 Å². The van der Waals surface area contributed by atoms with Crippen LogP contribution in [0.15, 0.2) is 42.6 Å². The molecule has 2 aromatic rings. The third-order valence-corrected chi connectivity index (χ3v) is 4.62. The van der Waals surface area contributed by atoms with Gasteiger partial charge in [-0.1, -0.05) is 17.7 Å². The number of hydrogen-bond acceptors (Lipinski definition) is 5. The molecule has 1 saturated heterocycles. The van der Waals surface area contributed by atoms with Crippen molar-refractivity contribution in [3.05, 3.63) is 53.3 Å². The van der Waals surface area contributed by atoms with Gasteiger partial charge in [0.2, 0.25) is 0 Å². The highest BCUT2D eigenvalue weighted by molar-refractivity contribution is 6.30. The molecule has 1 aromatic carbocycles. The molecule has 1 amide bonds. The summed E-state index contributed by atoms with van der Waals surface area (Å²) in [6.45, 7) is 4.51. The molecule has 1 fully saturated rings. The smallest absolute Gasteiger partial charge is 0.270 e. The topological polar surface area (TPSA) is 57.7 Å². The normalized spacial score (nSPS) is 14.4. The molecule has 0 bridgehead atoms. The number of piperazine rings is 1. The lowest BCUT2D eigenvalue weighted by molar-refractivity contribution is 0.0932. The second kappa shape index (κ2) is 8.87. The molecule has 2 heterocycles. The molecule has 1 N–H and O–H groups in total. The standard InChI is InChI=1S/C19H23ClN4O2/c1-26-12-7-22-19(25)18-14-17(5-6-21-18)24-10-8-23(9-11-24)16-4-2-3-15(20)13-16/h2-6,13-14H,7-12H2,1H3,(H,22,25). The summed E-state index contributed by atoms with van der Waals surface area (Å²) in [5.41, 5.74) is 2.59. The van der Waals surface area contributed by atoms with Crippen LogP contribution in [-0.4, -0.2) is 57.3 Å². The molecule has 0 unspecified atom stereocenters. The highest BCUT2D eigenvalue weighted by atomic mass is 35.5. The van der Waals surface area contributed by atoms with Crippen LogP contribution < -0.4 is 15.1 Å². The molecule has 0 aliphatic carbocycles. The molecule has 1 aliphatic heterocycles. The Labute approximate surface area is 158 Å². The zero-order valence-electron chi connectivity index (χ0n) is 14.8. The van der Waals surface area contributed by atoms with Gasteiger partial charge in [-0.05, 0) is 30.3 Å². The van der Waals surface area contributed by atoms with Crippen LogP contribution in [0, 0.1) is 0 Å². The fraction of sp³-hybridized carbons (Fsp3) is 0.368. The third kappa shape index (κ3) is 4.65. The molecule has 1 aromatic heterocycles. The summed E-state index contributed by atoms with van der Waals surface area (Å²) in [5.74, 6) is -0.179. The minimum Gasteiger partial charge on any atom is -0.383 e. The van der Waals surface area contributed by atoms with Crippen LogP contribution >= 0.6 is 11.6 Å². The maximum absolute atomic E-state index is 12.2. The third-order valence-electron chi connectivity index (χ3n) is 4.39. The van der Waals surface area contributed by atoms with Crippen molar-refractivity contribution < 1.29 is 9.53 Å². The van der Waals surface area contributed by atoms with Gasteiger partial charge in [-0.3, -0.25) is 9.78 Å². The molecule has 3 rings (SSSR count). The average Bonchev–Trinajstić information content (AvgIpc) is 2.68. The maximum atomic E-state index is 12.2. The molecule has 1 aliphatic rings. The number of halogens is 1. The summed E-state index contributed by atoms with van der Waals surface area (Å²) in [4.78, 5) is 20.9. The Morgan fingerprint density at radius 1 is 1.15 bits per heavy atom. The predicted molar refractivity (Wildman–Crippen MR) is 104 cm³/mol. The van der Waals surface area contributed by atoms with Crippen molar-refractivity contribution in [2.24, 2.45) is 0 Å². The number of rotatable bonds is 6. The Bertz CT molecular complexity index is 748. The van der Waals surface area contributed by atoms with Crippen molar-refractivity contribution in [2.45, 2.75) is 0 Å². The molecule has 0 atom stereocenters. The van der Waals surface area contributed by atoms with E-state index in [1.165, 1.54) is 0 Å². The lowest BCUT2D eigenvalue weighted by atomic mass is 10.2. The Morgan fingerprint density at radius 2 is 1.85 bits per heavy atom. The van der Waals surface area contributed by atoms with Crippen LogP contribution in [0.3, 0.4) is 0 Å². The zero-order chi connectivity index (χ0) is 18.4. The van der Waals surface area contributed by atoms with Gasteiger partial charge in [-0.25, -0.2) is 0 Å². The van der Waals surface area contributed by atoms with Gasteiger partial charge < -0.3 is 19.9 Å². The van der Waals surface area contributed by atoms with Crippen LogP contribution in [0.1, 0.15) is 10.5 Å². The van der Waals surface area contributed by atoms with E-state index in [4.69, 9.17) is 16.3 Å². The predicted octanol–water partition coefficient (Wildman–Crippen LogP) is 2.44. The van der Waals surface area contributed by atoms with Gasteiger partial charge in [0.15, 0.2) is 0 Å². The average molecular weight is 375 g/mol. The van der Waals surface area contributed by atoms with Crippen molar-refractivity contribution in [1.29, 1.82) is 0 Å². The van der Waals surface area contributed by atoms with Crippen LogP contribution in [0.5, 0.6) is 0 Å². The first kappa shape index (κ1) is 18.5. The van der Waals surface area contributed by atoms with Crippen LogP contribution in [0.25, 0.3) is 0 Å². The van der Waals surface area contributed by atoms with Crippen molar-refractivity contribution in [1.82, 2.24) is 10.3 Å². The Balaban J connectivity index is 1.61. The minimum atomic E-state index is -0.179. The van der Waals surface area contributed by atoms with E-state index in [1.807, 2.05) is 30.3 Å². The molecule has 0 spiro atoms. The van der Waals surface area contributed by atoms with E-state index < -0.39 is 0 Å². The SMILES string of the molecule is COCCNC(=O)c1cc(N2CCN(c3cccc(Cl)c3)CC2)ccn1. The number of carbonyl (C=O) groups is 1. The second-order valence-corrected chi connectivity index (χ2v) is 6.54. The number of aromatic nitrogens is 1. The molecule has 138 valence electrons. The number of ether oxygens (including phenoxy) is 1. The number of carbonyl (C=O) groups excluding carboxylic acids is 1. The monoisotopic (exact) mass is 374 g/mol. The number of methoxy groups -OCH3 is 1. The quantitative estimate of drug-likeness (QED) is 0.787. The van der Waals surface area contributed by atoms with E-state index in [0.29, 0.717) is 18.8 Å². The number of nitrogens with zero attached hydrogens (tertiary/aromatic N) is 3. The second-order valence-electron chi connectivity index (χ2n) is 6.10. The molecule has 0 saturated carbocycles. The van der Waals surface area contributed by atoms with Gasteiger partial charge in [0.1, 0.15) is 5.69 Å². The molecule has 26 heavy (non-hydrogen) atoms. The molecular formula is C19H23ClN4O2. The van der Waals surface area contributed by atoms with E-state index in [-0.39, 0.29) is 5.91 Å². The van der Waals surface area contributed by atoms with Crippen LogP contribution in [-0.2, 0) is 4.74 Å². The summed E-state index contributed by atoms with van der Waals surface area (Å²) < 4.78 is 4.94. The first-order chi connectivity index (χ1) is 12.7. The fourth-order valence-electron chi connectivity index (χ4n) is 2.99. The number of nitrogens with one attached hydrogen (secondary N) is 1. The summed E-state index contributed by atoms with van der Waals surface area (Å²) in [5, 5.41) is 3.55. The summed E-state index contributed by atoms with van der Waals surface area (Å²) in [7, 11) is 1.61. The van der Waals surface area contributed by atoms with Crippen LogP contribution in [0.2, 0.25) is 5.02 Å². The first-order valence-electron chi connectivity index (χ1n) is 8.66. The van der Waals surface area contributed by atoms with Crippen molar-refractivity contribution >= 4 is 28.9 Å². The number of amides is 1. The first-order valence-corrected chi connectivity index (χ1v) is 9.04. The van der Waals surface area contributed by atoms with E-state index >= 15 is 0 Å². The summed E-state index contributed by atoms with van der Waals surface area (Å²) in [6.07, 6.45) is 1.68. The largest absolute Gasteiger partial charge is 0.383 e. The number of hydrogen-bond donors (Lipinski definition) is 1. The maximum Gasteiger partial charge on any atom is 0.270 e. The molecule has 7 heteroatoms. The van der Waals surface area contributed by atoms with Gasteiger partial charge in [0.25, 0.3) is 5.91 Å². The summed E-state index contributed by atoms with van der Waals surface area (Å²) >= 11 is 6.09. The lowest BCUT2D eigenvalue weighted by Crippen LogP contribution is -2.46. The van der Waals surface area contributed by atoms with Gasteiger partial charge in [-0.15, -0.1) is 0 Å².